The molecular weight excluding hydrogens is 258 g/mol. The summed E-state index contributed by atoms with van der Waals surface area (Å²) in [6, 6.07) is 3.31. The van der Waals surface area contributed by atoms with Gasteiger partial charge >= 0.3 is 0 Å². The third-order valence-corrected chi connectivity index (χ3v) is 3.67. The van der Waals surface area contributed by atoms with Crippen molar-refractivity contribution in [3.05, 3.63) is 29.8 Å². The van der Waals surface area contributed by atoms with E-state index in [0.717, 1.165) is 18.2 Å². The first kappa shape index (κ1) is 14.9. The second-order valence-corrected chi connectivity index (χ2v) is 5.45. The van der Waals surface area contributed by atoms with Crippen molar-refractivity contribution in [2.45, 2.75) is 30.2 Å². The van der Waals surface area contributed by atoms with Gasteiger partial charge in [0.2, 0.25) is 5.91 Å². The number of primary amides is 1. The van der Waals surface area contributed by atoms with Gasteiger partial charge in [0, 0.05) is 4.90 Å². The van der Waals surface area contributed by atoms with Gasteiger partial charge in [0.15, 0.2) is 0 Å². The molecule has 0 fully saturated rings. The van der Waals surface area contributed by atoms with Gasteiger partial charge in [0.25, 0.3) is 0 Å². The minimum atomic E-state index is -1.05. The maximum atomic E-state index is 13.3. The van der Waals surface area contributed by atoms with Crippen molar-refractivity contribution in [3.8, 4) is 0 Å². The highest BCUT2D eigenvalue weighted by atomic mass is 32.2. The van der Waals surface area contributed by atoms with Crippen LogP contribution in [0.3, 0.4) is 0 Å². The number of halogens is 2. The van der Waals surface area contributed by atoms with Crippen molar-refractivity contribution in [2.24, 2.45) is 11.5 Å². The Kier molecular flexibility index (Phi) is 5.10. The van der Waals surface area contributed by atoms with E-state index in [1.54, 1.807) is 6.92 Å². The highest BCUT2D eigenvalue weighted by Gasteiger charge is 2.24. The second-order valence-electron chi connectivity index (χ2n) is 4.31. The molecule has 0 heterocycles. The van der Waals surface area contributed by atoms with Crippen LogP contribution in [0.15, 0.2) is 23.1 Å². The first-order chi connectivity index (χ1) is 8.33. The number of thioether (sulfide) groups is 1. The molecule has 1 atom stereocenters. The largest absolute Gasteiger partial charge is 0.368 e. The molecule has 1 aromatic carbocycles. The van der Waals surface area contributed by atoms with Crippen LogP contribution in [0.5, 0.6) is 0 Å². The molecular formula is C12H16F2N2OS. The summed E-state index contributed by atoms with van der Waals surface area (Å²) >= 11 is 1.19. The number of hydrogen-bond donors (Lipinski definition) is 2. The number of benzene rings is 1. The third-order valence-electron chi connectivity index (χ3n) is 2.55. The summed E-state index contributed by atoms with van der Waals surface area (Å²) in [7, 11) is 0. The molecule has 0 saturated heterocycles. The molecule has 100 valence electrons. The molecule has 0 aromatic heterocycles. The summed E-state index contributed by atoms with van der Waals surface area (Å²) in [4.78, 5) is 11.2. The standard InChI is InChI=1S/C12H16F2N2OS/c1-12(16,11(15)17)5-2-6-18-10-7-8(13)3-4-9(10)14/h3-4,7H,2,5-6,16H2,1H3,(H2,15,17). The zero-order valence-electron chi connectivity index (χ0n) is 10.1. The minimum Gasteiger partial charge on any atom is -0.368 e. The van der Waals surface area contributed by atoms with Crippen LogP contribution in [-0.4, -0.2) is 17.2 Å². The molecule has 3 nitrogen and oxygen atoms in total. The monoisotopic (exact) mass is 274 g/mol. The molecule has 6 heteroatoms. The maximum Gasteiger partial charge on any atom is 0.237 e. The van der Waals surface area contributed by atoms with Crippen LogP contribution >= 0.6 is 11.8 Å². The lowest BCUT2D eigenvalue weighted by molar-refractivity contribution is -0.122. The van der Waals surface area contributed by atoms with E-state index in [0.29, 0.717) is 18.6 Å². The maximum absolute atomic E-state index is 13.3. The summed E-state index contributed by atoms with van der Waals surface area (Å²) in [6.07, 6.45) is 1.00. The number of rotatable bonds is 6. The average molecular weight is 274 g/mol. The van der Waals surface area contributed by atoms with E-state index in [9.17, 15) is 13.6 Å². The zero-order valence-corrected chi connectivity index (χ0v) is 10.9. The van der Waals surface area contributed by atoms with Crippen molar-refractivity contribution < 1.29 is 13.6 Å². The number of nitrogens with two attached hydrogens (primary N) is 2. The molecule has 0 saturated carbocycles. The minimum absolute atomic E-state index is 0.257. The SMILES string of the molecule is CC(N)(CCCSc1cc(F)ccc1F)C(N)=O. The molecule has 0 bridgehead atoms. The Balaban J connectivity index is 2.43. The molecule has 0 radical (unpaired) electrons. The van der Waals surface area contributed by atoms with Gasteiger partial charge in [-0.1, -0.05) is 0 Å². The summed E-state index contributed by atoms with van der Waals surface area (Å²) in [5.74, 6) is -0.948. The van der Waals surface area contributed by atoms with E-state index < -0.39 is 23.1 Å². The molecule has 0 aliphatic heterocycles. The molecule has 4 N–H and O–H groups in total. The Morgan fingerprint density at radius 3 is 2.72 bits per heavy atom. The molecule has 0 spiro atoms. The lowest BCUT2D eigenvalue weighted by Crippen LogP contribution is -2.49. The fourth-order valence-corrected chi connectivity index (χ4v) is 2.24. The zero-order chi connectivity index (χ0) is 13.8. The molecule has 18 heavy (non-hydrogen) atoms. The van der Waals surface area contributed by atoms with Crippen molar-refractivity contribution in [1.82, 2.24) is 0 Å². The Bertz CT molecular complexity index is 438. The van der Waals surface area contributed by atoms with Crippen molar-refractivity contribution in [3.63, 3.8) is 0 Å². The van der Waals surface area contributed by atoms with Gasteiger partial charge in [-0.25, -0.2) is 8.78 Å². The van der Waals surface area contributed by atoms with Gasteiger partial charge in [-0.15, -0.1) is 11.8 Å². The quantitative estimate of drug-likeness (QED) is 0.616. The first-order valence-electron chi connectivity index (χ1n) is 5.49. The van der Waals surface area contributed by atoms with Crippen LogP contribution in [0.1, 0.15) is 19.8 Å². The summed E-state index contributed by atoms with van der Waals surface area (Å²) in [6.45, 7) is 1.56. The van der Waals surface area contributed by atoms with Crippen LogP contribution in [0.25, 0.3) is 0 Å². The highest BCUT2D eigenvalue weighted by molar-refractivity contribution is 7.99. The third kappa shape index (κ3) is 4.27. The predicted octanol–water partition coefficient (Wildman–Crippen LogP) is 2.04. The van der Waals surface area contributed by atoms with Crippen LogP contribution < -0.4 is 11.5 Å². The van der Waals surface area contributed by atoms with E-state index >= 15 is 0 Å². The molecule has 0 aliphatic rings. The van der Waals surface area contributed by atoms with E-state index in [4.69, 9.17) is 11.5 Å². The number of carbonyl (C=O) groups is 1. The fourth-order valence-electron chi connectivity index (χ4n) is 1.33. The van der Waals surface area contributed by atoms with Gasteiger partial charge in [0.1, 0.15) is 11.6 Å². The van der Waals surface area contributed by atoms with Crippen LogP contribution in [-0.2, 0) is 4.79 Å². The predicted molar refractivity (Wildman–Crippen MR) is 68.1 cm³/mol. The first-order valence-corrected chi connectivity index (χ1v) is 6.48. The molecule has 1 amide bonds. The van der Waals surface area contributed by atoms with Gasteiger partial charge in [0.05, 0.1) is 5.54 Å². The smallest absolute Gasteiger partial charge is 0.237 e. The molecule has 1 aromatic rings. The van der Waals surface area contributed by atoms with E-state index in [1.807, 2.05) is 0 Å². The van der Waals surface area contributed by atoms with Gasteiger partial charge < -0.3 is 11.5 Å². The Morgan fingerprint density at radius 2 is 2.11 bits per heavy atom. The van der Waals surface area contributed by atoms with Crippen LogP contribution in [0, 0.1) is 11.6 Å². The highest BCUT2D eigenvalue weighted by Crippen LogP contribution is 2.24. The molecule has 1 rings (SSSR count). The van der Waals surface area contributed by atoms with Crippen molar-refractivity contribution >= 4 is 17.7 Å². The van der Waals surface area contributed by atoms with Crippen LogP contribution in [0.4, 0.5) is 8.78 Å². The Morgan fingerprint density at radius 1 is 1.44 bits per heavy atom. The lowest BCUT2D eigenvalue weighted by atomic mass is 9.97. The second kappa shape index (κ2) is 6.15. The number of amides is 1. The summed E-state index contributed by atoms with van der Waals surface area (Å²) in [5, 5.41) is 0. The van der Waals surface area contributed by atoms with Gasteiger partial charge in [-0.2, -0.15) is 0 Å². The molecule has 1 unspecified atom stereocenters. The topological polar surface area (TPSA) is 69.1 Å². The number of hydrogen-bond acceptors (Lipinski definition) is 3. The van der Waals surface area contributed by atoms with Crippen LogP contribution in [0.2, 0.25) is 0 Å². The average Bonchev–Trinajstić information content (AvgIpc) is 2.28. The number of carbonyl (C=O) groups excluding carboxylic acids is 1. The molecule has 0 aliphatic carbocycles. The van der Waals surface area contributed by atoms with E-state index in [2.05, 4.69) is 0 Å². The fraction of sp³-hybridized carbons (Fsp3) is 0.417. The lowest BCUT2D eigenvalue weighted by Gasteiger charge is -2.19. The van der Waals surface area contributed by atoms with Crippen molar-refractivity contribution in [1.29, 1.82) is 0 Å². The Hall–Kier alpha value is -1.14. The van der Waals surface area contributed by atoms with E-state index in [1.165, 1.54) is 11.8 Å². The van der Waals surface area contributed by atoms with Crippen molar-refractivity contribution in [2.75, 3.05) is 5.75 Å². The Labute approximate surface area is 109 Å². The van der Waals surface area contributed by atoms with Gasteiger partial charge in [-0.05, 0) is 43.7 Å². The normalized spacial score (nSPS) is 14.2. The van der Waals surface area contributed by atoms with E-state index in [-0.39, 0.29) is 4.90 Å². The van der Waals surface area contributed by atoms with Gasteiger partial charge in [-0.3, -0.25) is 4.79 Å². The summed E-state index contributed by atoms with van der Waals surface area (Å²) in [5.41, 5.74) is 9.75. The summed E-state index contributed by atoms with van der Waals surface area (Å²) < 4.78 is 26.2.